The van der Waals surface area contributed by atoms with Gasteiger partial charge in [0.1, 0.15) is 23.8 Å². The van der Waals surface area contributed by atoms with Gasteiger partial charge in [-0.2, -0.15) is 5.26 Å². The van der Waals surface area contributed by atoms with E-state index in [9.17, 15) is 24.4 Å². The van der Waals surface area contributed by atoms with Crippen LogP contribution in [0.25, 0.3) is 10.9 Å². The van der Waals surface area contributed by atoms with Crippen molar-refractivity contribution in [1.29, 1.82) is 5.26 Å². The lowest BCUT2D eigenvalue weighted by Gasteiger charge is -2.28. The maximum atomic E-state index is 14.0. The van der Waals surface area contributed by atoms with E-state index in [0.29, 0.717) is 47.0 Å². The molecule has 0 bridgehead atoms. The number of nitriles is 1. The van der Waals surface area contributed by atoms with Crippen molar-refractivity contribution in [2.75, 3.05) is 19.0 Å². The molecule has 3 amide bonds. The fourth-order valence-corrected chi connectivity index (χ4v) is 5.79. The predicted octanol–water partition coefficient (Wildman–Crippen LogP) is 3.27. The number of fused-ring (bicyclic) bond motifs is 3. The molecule has 1 aromatic heterocycles. The average molecular weight is 542 g/mol. The van der Waals surface area contributed by atoms with Crippen LogP contribution in [0.1, 0.15) is 54.7 Å². The molecule has 0 saturated carbocycles. The van der Waals surface area contributed by atoms with Gasteiger partial charge in [0.05, 0.1) is 35.7 Å². The predicted molar refractivity (Wildman–Crippen MR) is 148 cm³/mol. The summed E-state index contributed by atoms with van der Waals surface area (Å²) in [6, 6.07) is 12.5. The van der Waals surface area contributed by atoms with Crippen LogP contribution in [-0.4, -0.2) is 59.6 Å². The normalized spacial score (nSPS) is 20.3. The van der Waals surface area contributed by atoms with Crippen molar-refractivity contribution in [3.05, 3.63) is 59.3 Å². The number of rotatable bonds is 8. The van der Waals surface area contributed by atoms with Crippen LogP contribution in [0.2, 0.25) is 0 Å². The van der Waals surface area contributed by atoms with E-state index in [1.165, 1.54) is 12.0 Å². The summed E-state index contributed by atoms with van der Waals surface area (Å²) in [5.74, 6) is -0.418. The SMILES string of the molecule is COc1cc(C#N)cc2[nH]c(C(=O)N[C@@H](CCC(C)C)C(=O)N3C[C@]4(C[C@H]3C=O)C(=O)Nc3ccccc34)cc12. The van der Waals surface area contributed by atoms with Gasteiger partial charge in [0.2, 0.25) is 11.8 Å². The first-order valence-electron chi connectivity index (χ1n) is 13.3. The molecule has 0 aliphatic carbocycles. The minimum Gasteiger partial charge on any atom is -0.496 e. The third-order valence-corrected chi connectivity index (χ3v) is 7.89. The molecule has 3 N–H and O–H groups in total. The van der Waals surface area contributed by atoms with E-state index in [0.717, 1.165) is 5.56 Å². The van der Waals surface area contributed by atoms with Crippen molar-refractivity contribution in [2.24, 2.45) is 5.92 Å². The molecule has 5 rings (SSSR count). The fourth-order valence-electron chi connectivity index (χ4n) is 5.79. The summed E-state index contributed by atoms with van der Waals surface area (Å²) in [6.07, 6.45) is 1.91. The first-order chi connectivity index (χ1) is 19.2. The van der Waals surface area contributed by atoms with E-state index in [-0.39, 0.29) is 30.5 Å². The monoisotopic (exact) mass is 541 g/mol. The van der Waals surface area contributed by atoms with E-state index in [1.54, 1.807) is 18.2 Å². The molecule has 3 heterocycles. The summed E-state index contributed by atoms with van der Waals surface area (Å²) in [7, 11) is 1.48. The van der Waals surface area contributed by atoms with Gasteiger partial charge in [0.25, 0.3) is 5.91 Å². The highest BCUT2D eigenvalue weighted by molar-refractivity contribution is 6.08. The van der Waals surface area contributed by atoms with Crippen LogP contribution in [-0.2, 0) is 19.8 Å². The Balaban J connectivity index is 1.43. The Bertz CT molecular complexity index is 1550. The van der Waals surface area contributed by atoms with Gasteiger partial charge in [0.15, 0.2) is 0 Å². The Morgan fingerprint density at radius 2 is 2.02 bits per heavy atom. The summed E-state index contributed by atoms with van der Waals surface area (Å²) in [4.78, 5) is 57.1. The number of likely N-dealkylation sites (tertiary alicyclic amines) is 1. The molecule has 2 aromatic carbocycles. The Kier molecular flexibility index (Phi) is 7.06. The molecule has 10 heteroatoms. The number of carbonyl (C=O) groups excluding carboxylic acids is 4. The summed E-state index contributed by atoms with van der Waals surface area (Å²) in [5, 5.41) is 15.7. The second kappa shape index (κ2) is 10.5. The molecule has 0 radical (unpaired) electrons. The highest BCUT2D eigenvalue weighted by Gasteiger charge is 2.56. The summed E-state index contributed by atoms with van der Waals surface area (Å²) < 4.78 is 5.39. The van der Waals surface area contributed by atoms with Crippen LogP contribution in [0.4, 0.5) is 5.69 Å². The number of H-pyrrole nitrogens is 1. The zero-order valence-corrected chi connectivity index (χ0v) is 22.6. The molecule has 3 aromatic rings. The van der Waals surface area contributed by atoms with E-state index in [2.05, 4.69) is 21.7 Å². The van der Waals surface area contributed by atoms with Gasteiger partial charge < -0.3 is 30.0 Å². The van der Waals surface area contributed by atoms with Gasteiger partial charge in [-0.05, 0) is 55.0 Å². The molecule has 2 aliphatic heterocycles. The number of hydrogen-bond acceptors (Lipinski definition) is 6. The lowest BCUT2D eigenvalue weighted by atomic mass is 9.80. The first kappa shape index (κ1) is 26.9. The molecule has 0 unspecified atom stereocenters. The number of ether oxygens (including phenoxy) is 1. The molecular weight excluding hydrogens is 510 g/mol. The van der Waals surface area contributed by atoms with Crippen molar-refractivity contribution < 1.29 is 23.9 Å². The Morgan fingerprint density at radius 1 is 1.25 bits per heavy atom. The summed E-state index contributed by atoms with van der Waals surface area (Å²) in [6.45, 7) is 4.10. The molecule has 10 nitrogen and oxygen atoms in total. The maximum Gasteiger partial charge on any atom is 0.268 e. The fraction of sp³-hybridized carbons (Fsp3) is 0.367. The molecule has 2 aliphatic rings. The van der Waals surface area contributed by atoms with E-state index in [1.807, 2.05) is 38.1 Å². The number of methoxy groups -OCH3 is 1. The number of aldehydes is 1. The molecule has 3 atom stereocenters. The van der Waals surface area contributed by atoms with Crippen LogP contribution in [0.3, 0.4) is 0 Å². The van der Waals surface area contributed by atoms with Crippen LogP contribution < -0.4 is 15.4 Å². The number of nitrogens with zero attached hydrogens (tertiary/aromatic N) is 2. The number of amides is 3. The van der Waals surface area contributed by atoms with Crippen molar-refractivity contribution in [3.8, 4) is 11.8 Å². The highest BCUT2D eigenvalue weighted by Crippen LogP contribution is 2.46. The molecule has 1 spiro atoms. The Morgan fingerprint density at radius 3 is 2.73 bits per heavy atom. The summed E-state index contributed by atoms with van der Waals surface area (Å²) in [5.41, 5.74) is 1.58. The highest BCUT2D eigenvalue weighted by atomic mass is 16.5. The number of hydrogen-bond donors (Lipinski definition) is 3. The Labute approximate surface area is 231 Å². The molecular formula is C30H31N5O5. The van der Waals surface area contributed by atoms with E-state index >= 15 is 0 Å². The number of nitrogens with one attached hydrogen (secondary N) is 3. The van der Waals surface area contributed by atoms with Crippen molar-refractivity contribution >= 4 is 40.6 Å². The van der Waals surface area contributed by atoms with Crippen LogP contribution in [0.5, 0.6) is 5.75 Å². The van der Waals surface area contributed by atoms with E-state index < -0.39 is 29.3 Å². The standard InChI is InChI=1S/C30H31N5O5/c1-17(2)8-9-23(33-27(37)25-12-20-24(32-25)10-18(14-31)11-26(20)40-3)28(38)35-16-30(13-19(35)15-36)21-6-4-5-7-22(21)34-29(30)39/h4-7,10-12,15,17,19,23,32H,8-9,13,16H2,1-3H3,(H,33,37)(H,34,39)/t19-,23-,30-/m0/s1. The second-order valence-electron chi connectivity index (χ2n) is 10.9. The number of aromatic nitrogens is 1. The maximum absolute atomic E-state index is 14.0. The topological polar surface area (TPSA) is 144 Å². The number of carbonyl (C=O) groups is 4. The van der Waals surface area contributed by atoms with Crippen LogP contribution >= 0.6 is 0 Å². The van der Waals surface area contributed by atoms with Gasteiger partial charge in [-0.1, -0.05) is 32.0 Å². The molecule has 40 heavy (non-hydrogen) atoms. The zero-order valence-electron chi connectivity index (χ0n) is 22.6. The summed E-state index contributed by atoms with van der Waals surface area (Å²) >= 11 is 0. The van der Waals surface area contributed by atoms with Gasteiger partial charge in [-0.25, -0.2) is 0 Å². The van der Waals surface area contributed by atoms with Gasteiger partial charge in [-0.3, -0.25) is 14.4 Å². The lowest BCUT2D eigenvalue weighted by molar-refractivity contribution is -0.136. The van der Waals surface area contributed by atoms with Crippen LogP contribution in [0.15, 0.2) is 42.5 Å². The van der Waals surface area contributed by atoms with Crippen molar-refractivity contribution in [2.45, 2.75) is 50.6 Å². The van der Waals surface area contributed by atoms with E-state index in [4.69, 9.17) is 4.74 Å². The van der Waals surface area contributed by atoms with Crippen LogP contribution in [0, 0.1) is 17.2 Å². The van der Waals surface area contributed by atoms with Gasteiger partial charge >= 0.3 is 0 Å². The molecule has 1 saturated heterocycles. The third kappa shape index (κ3) is 4.57. The van der Waals surface area contributed by atoms with Gasteiger partial charge in [-0.15, -0.1) is 0 Å². The van der Waals surface area contributed by atoms with Crippen molar-refractivity contribution in [1.82, 2.24) is 15.2 Å². The minimum absolute atomic E-state index is 0.0483. The molecule has 1 fully saturated rings. The Hall–Kier alpha value is -4.65. The van der Waals surface area contributed by atoms with Crippen molar-refractivity contribution in [3.63, 3.8) is 0 Å². The quantitative estimate of drug-likeness (QED) is 0.373. The number of aromatic amines is 1. The zero-order chi connectivity index (χ0) is 28.6. The number of para-hydroxylation sites is 1. The van der Waals surface area contributed by atoms with Gasteiger partial charge in [0, 0.05) is 17.6 Å². The molecule has 206 valence electrons. The number of benzene rings is 2. The average Bonchev–Trinajstić information content (AvgIpc) is 3.64. The number of anilines is 1. The second-order valence-corrected chi connectivity index (χ2v) is 10.9. The minimum atomic E-state index is -1.02. The smallest absolute Gasteiger partial charge is 0.268 e. The lowest BCUT2D eigenvalue weighted by Crippen LogP contribution is -2.51. The third-order valence-electron chi connectivity index (χ3n) is 7.89. The first-order valence-corrected chi connectivity index (χ1v) is 13.3. The largest absolute Gasteiger partial charge is 0.496 e.